The van der Waals surface area contributed by atoms with Crippen molar-refractivity contribution in [3.05, 3.63) is 83.2 Å². The molecule has 2 aromatic carbocycles. The summed E-state index contributed by atoms with van der Waals surface area (Å²) in [6.45, 7) is 0.917. The monoisotopic (exact) mass is 570 g/mol. The molecule has 0 bridgehead atoms. The molecule has 3 amide bonds. The summed E-state index contributed by atoms with van der Waals surface area (Å²) in [5.41, 5.74) is 1.14. The van der Waals surface area contributed by atoms with Gasteiger partial charge >= 0.3 is 0 Å². The van der Waals surface area contributed by atoms with E-state index in [0.29, 0.717) is 36.6 Å². The molecule has 0 aliphatic carbocycles. The van der Waals surface area contributed by atoms with Crippen LogP contribution in [0.3, 0.4) is 0 Å². The Morgan fingerprint density at radius 1 is 0.825 bits per heavy atom. The minimum atomic E-state index is -4.17. The van der Waals surface area contributed by atoms with Gasteiger partial charge in [-0.25, -0.2) is 13.1 Å². The van der Waals surface area contributed by atoms with E-state index in [1.165, 1.54) is 45.6 Å². The van der Waals surface area contributed by atoms with Crippen molar-refractivity contribution in [2.75, 3.05) is 41.0 Å². The summed E-state index contributed by atoms with van der Waals surface area (Å²) in [5.74, 6) is -0.754. The highest BCUT2D eigenvalue weighted by molar-refractivity contribution is 7.90. The molecule has 0 radical (unpaired) electrons. The molecule has 1 heterocycles. The molecule has 0 spiro atoms. The number of hydrogen-bond acceptors (Lipinski definition) is 9. The number of amides is 3. The van der Waals surface area contributed by atoms with Crippen LogP contribution in [0.4, 0.5) is 0 Å². The Balaban J connectivity index is 1.55. The fourth-order valence-electron chi connectivity index (χ4n) is 3.50. The van der Waals surface area contributed by atoms with Gasteiger partial charge in [0.2, 0.25) is 0 Å². The van der Waals surface area contributed by atoms with Crippen molar-refractivity contribution in [1.82, 2.24) is 20.3 Å². The van der Waals surface area contributed by atoms with E-state index in [1.807, 2.05) is 4.72 Å². The second kappa shape index (κ2) is 14.1. The molecule has 0 atom stereocenters. The zero-order chi connectivity index (χ0) is 29.1. The van der Waals surface area contributed by atoms with E-state index >= 15 is 0 Å². The van der Waals surface area contributed by atoms with Crippen LogP contribution in [-0.2, 0) is 21.2 Å². The summed E-state index contributed by atoms with van der Waals surface area (Å²) in [6, 6.07) is 13.4. The number of rotatable bonds is 13. The average Bonchev–Trinajstić information content (AvgIpc) is 2.96. The molecule has 0 saturated carbocycles. The fraction of sp³-hybridized carbons (Fsp3) is 0.259. The van der Waals surface area contributed by atoms with Gasteiger partial charge in [0.05, 0.1) is 36.8 Å². The van der Waals surface area contributed by atoms with Crippen LogP contribution in [0.5, 0.6) is 11.5 Å². The maximum atomic E-state index is 12.7. The van der Waals surface area contributed by atoms with Gasteiger partial charge in [-0.2, -0.15) is 0 Å². The summed E-state index contributed by atoms with van der Waals surface area (Å²) in [4.78, 5) is 40.9. The Morgan fingerprint density at radius 3 is 2.17 bits per heavy atom. The highest BCUT2D eigenvalue weighted by Gasteiger charge is 2.20. The predicted octanol–water partition coefficient (Wildman–Crippen LogP) is 1.57. The molecule has 212 valence electrons. The number of methoxy groups -OCH3 is 3. The summed E-state index contributed by atoms with van der Waals surface area (Å²) >= 11 is 0. The van der Waals surface area contributed by atoms with Crippen LogP contribution in [0, 0.1) is 0 Å². The summed E-state index contributed by atoms with van der Waals surface area (Å²) in [5, 5.41) is 5.39. The molecule has 12 nitrogen and oxygen atoms in total. The second-order valence-corrected chi connectivity index (χ2v) is 10.0. The molecule has 0 aliphatic rings. The Hall–Kier alpha value is -4.49. The SMILES string of the molecule is COCCNC(=O)c1ccc(C(=O)NS(=O)(=O)c2ccc(CCNC(=O)c3cc(OC)ccc3OC)cc2)cn1. The highest BCUT2D eigenvalue weighted by Crippen LogP contribution is 2.23. The molecular weight excluding hydrogens is 540 g/mol. The summed E-state index contributed by atoms with van der Waals surface area (Å²) < 4.78 is 42.7. The molecule has 13 heteroatoms. The molecular formula is C27H30N4O8S. The van der Waals surface area contributed by atoms with Crippen molar-refractivity contribution in [2.45, 2.75) is 11.3 Å². The second-order valence-electron chi connectivity index (χ2n) is 8.33. The molecule has 0 aliphatic heterocycles. The van der Waals surface area contributed by atoms with Crippen LogP contribution in [0.25, 0.3) is 0 Å². The largest absolute Gasteiger partial charge is 0.497 e. The van der Waals surface area contributed by atoms with E-state index in [2.05, 4.69) is 15.6 Å². The van der Waals surface area contributed by atoms with Gasteiger partial charge in [-0.05, 0) is 54.4 Å². The molecule has 3 rings (SSSR count). The first kappa shape index (κ1) is 30.1. The third-order valence-corrected chi connectivity index (χ3v) is 7.01. The molecule has 0 saturated heterocycles. The van der Waals surface area contributed by atoms with Gasteiger partial charge in [-0.1, -0.05) is 12.1 Å². The smallest absolute Gasteiger partial charge is 0.269 e. The van der Waals surface area contributed by atoms with E-state index in [0.717, 1.165) is 11.8 Å². The van der Waals surface area contributed by atoms with Crippen LogP contribution in [0.2, 0.25) is 0 Å². The third-order valence-electron chi connectivity index (χ3n) is 5.66. The van der Waals surface area contributed by atoms with Crippen LogP contribution in [-0.4, -0.2) is 72.1 Å². The number of carbonyl (C=O) groups excluding carboxylic acids is 3. The highest BCUT2D eigenvalue weighted by atomic mass is 32.2. The van der Waals surface area contributed by atoms with Gasteiger partial charge in [-0.15, -0.1) is 0 Å². The number of nitrogens with zero attached hydrogens (tertiary/aromatic N) is 1. The summed E-state index contributed by atoms with van der Waals surface area (Å²) in [6.07, 6.45) is 1.55. The van der Waals surface area contributed by atoms with E-state index in [4.69, 9.17) is 14.2 Å². The zero-order valence-corrected chi connectivity index (χ0v) is 23.0. The van der Waals surface area contributed by atoms with E-state index in [9.17, 15) is 22.8 Å². The van der Waals surface area contributed by atoms with Gasteiger partial charge in [0.1, 0.15) is 17.2 Å². The van der Waals surface area contributed by atoms with Crippen LogP contribution in [0.1, 0.15) is 36.8 Å². The molecule has 3 N–H and O–H groups in total. The van der Waals surface area contributed by atoms with Crippen LogP contribution < -0.4 is 24.8 Å². The van der Waals surface area contributed by atoms with Crippen molar-refractivity contribution < 1.29 is 37.0 Å². The number of carbonyl (C=O) groups is 3. The first-order chi connectivity index (χ1) is 19.2. The van der Waals surface area contributed by atoms with Gasteiger partial charge < -0.3 is 24.8 Å². The molecule has 3 aromatic rings. The number of benzene rings is 2. The number of aromatic nitrogens is 1. The maximum absolute atomic E-state index is 12.7. The number of ether oxygens (including phenoxy) is 3. The van der Waals surface area contributed by atoms with Gasteiger partial charge in [-0.3, -0.25) is 19.4 Å². The van der Waals surface area contributed by atoms with Crippen molar-refractivity contribution >= 4 is 27.7 Å². The number of sulfonamides is 1. The topological polar surface area (TPSA) is 162 Å². The Bertz CT molecular complexity index is 1440. The number of pyridine rings is 1. The van der Waals surface area contributed by atoms with Crippen molar-refractivity contribution in [3.63, 3.8) is 0 Å². The Labute approximate surface area is 232 Å². The summed E-state index contributed by atoms with van der Waals surface area (Å²) in [7, 11) is 0.309. The van der Waals surface area contributed by atoms with Gasteiger partial charge in [0.25, 0.3) is 27.7 Å². The first-order valence-corrected chi connectivity index (χ1v) is 13.6. The van der Waals surface area contributed by atoms with Gasteiger partial charge in [0, 0.05) is 26.4 Å². The fourth-order valence-corrected chi connectivity index (χ4v) is 4.48. The molecule has 40 heavy (non-hydrogen) atoms. The minimum Gasteiger partial charge on any atom is -0.497 e. The average molecular weight is 571 g/mol. The standard InChI is InChI=1S/C27H30N4O8S/c1-37-15-14-29-27(34)23-10-6-19(17-30-23)25(32)31-40(35,36)21-8-4-18(5-9-21)12-13-28-26(33)22-16-20(38-2)7-11-24(22)39-3/h4-11,16-17H,12-15H2,1-3H3,(H,28,33)(H,29,34)(H,31,32). The normalized spacial score (nSPS) is 10.9. The van der Waals surface area contributed by atoms with E-state index in [-0.39, 0.29) is 28.6 Å². The Morgan fingerprint density at radius 2 is 1.55 bits per heavy atom. The van der Waals surface area contributed by atoms with Crippen LogP contribution in [0.15, 0.2) is 65.7 Å². The van der Waals surface area contributed by atoms with Gasteiger partial charge in [0.15, 0.2) is 0 Å². The van der Waals surface area contributed by atoms with Crippen molar-refractivity contribution in [3.8, 4) is 11.5 Å². The van der Waals surface area contributed by atoms with Crippen LogP contribution >= 0.6 is 0 Å². The molecule has 0 fully saturated rings. The third kappa shape index (κ3) is 8.01. The lowest BCUT2D eigenvalue weighted by Crippen LogP contribution is -2.31. The minimum absolute atomic E-state index is 0.0305. The number of nitrogens with one attached hydrogen (secondary N) is 3. The lowest BCUT2D eigenvalue weighted by molar-refractivity contribution is 0.0927. The van der Waals surface area contributed by atoms with Crippen molar-refractivity contribution in [2.24, 2.45) is 0 Å². The van der Waals surface area contributed by atoms with E-state index in [1.54, 1.807) is 30.3 Å². The van der Waals surface area contributed by atoms with Crippen molar-refractivity contribution in [1.29, 1.82) is 0 Å². The first-order valence-electron chi connectivity index (χ1n) is 12.1. The lowest BCUT2D eigenvalue weighted by Gasteiger charge is -2.11. The zero-order valence-electron chi connectivity index (χ0n) is 22.2. The maximum Gasteiger partial charge on any atom is 0.269 e. The predicted molar refractivity (Wildman–Crippen MR) is 145 cm³/mol. The quantitative estimate of drug-likeness (QED) is 0.259. The van der Waals surface area contributed by atoms with E-state index < -0.39 is 21.8 Å². The lowest BCUT2D eigenvalue weighted by atomic mass is 10.1. The number of hydrogen-bond donors (Lipinski definition) is 3. The molecule has 0 unspecified atom stereocenters. The Kier molecular flexibility index (Phi) is 10.6. The molecule has 1 aromatic heterocycles.